The number of rotatable bonds is 5. The fraction of sp³-hybridized carbons (Fsp3) is 0.467. The zero-order chi connectivity index (χ0) is 14.9. The number of ether oxygens (including phenoxy) is 1. The van der Waals surface area contributed by atoms with Gasteiger partial charge in [0.1, 0.15) is 0 Å². The predicted molar refractivity (Wildman–Crippen MR) is 76.6 cm³/mol. The Morgan fingerprint density at radius 3 is 2.80 bits per heavy atom. The van der Waals surface area contributed by atoms with Crippen LogP contribution in [-0.2, 0) is 0 Å². The second-order valence-electron chi connectivity index (χ2n) is 5.25. The molecule has 0 fully saturated rings. The molecular formula is C15H20N2O3. The maximum atomic E-state index is 11.3. The van der Waals surface area contributed by atoms with Gasteiger partial charge in [-0.05, 0) is 31.4 Å². The summed E-state index contributed by atoms with van der Waals surface area (Å²) in [6.45, 7) is 8.44. The molecule has 108 valence electrons. The minimum Gasteiger partial charge on any atom is -0.489 e. The summed E-state index contributed by atoms with van der Waals surface area (Å²) in [6, 6.07) is 1.90. The van der Waals surface area contributed by atoms with Gasteiger partial charge >= 0.3 is 5.97 Å². The lowest BCUT2D eigenvalue weighted by atomic mass is 10.1. The Kier molecular flexibility index (Phi) is 3.97. The van der Waals surface area contributed by atoms with Gasteiger partial charge in [0.15, 0.2) is 17.1 Å². The first-order valence-corrected chi connectivity index (χ1v) is 6.79. The summed E-state index contributed by atoms with van der Waals surface area (Å²) in [5.74, 6) is 0.111. The topological polar surface area (TPSA) is 63.8 Å². The van der Waals surface area contributed by atoms with Gasteiger partial charge < -0.3 is 9.84 Å². The van der Waals surface area contributed by atoms with E-state index in [1.165, 1.54) is 0 Å². The summed E-state index contributed by atoms with van der Waals surface area (Å²) in [6.07, 6.45) is 2.81. The molecule has 5 nitrogen and oxygen atoms in total. The molecule has 0 radical (unpaired) electrons. The highest BCUT2D eigenvalue weighted by Gasteiger charge is 2.18. The molecule has 0 saturated heterocycles. The first-order valence-electron chi connectivity index (χ1n) is 6.79. The number of carboxylic acids is 1. The number of nitrogens with zero attached hydrogens (tertiary/aromatic N) is 2. The Balaban J connectivity index is 2.50. The van der Waals surface area contributed by atoms with Crippen molar-refractivity contribution >= 4 is 11.6 Å². The molecule has 0 aromatic carbocycles. The maximum Gasteiger partial charge on any atom is 0.354 e. The number of aryl methyl sites for hydroxylation is 2. The highest BCUT2D eigenvalue weighted by atomic mass is 16.5. The van der Waals surface area contributed by atoms with Gasteiger partial charge in [-0.15, -0.1) is 0 Å². The number of pyridine rings is 1. The van der Waals surface area contributed by atoms with E-state index in [1.807, 2.05) is 13.0 Å². The van der Waals surface area contributed by atoms with Crippen molar-refractivity contribution in [2.45, 2.75) is 34.1 Å². The van der Waals surface area contributed by atoms with E-state index >= 15 is 0 Å². The second kappa shape index (κ2) is 5.53. The summed E-state index contributed by atoms with van der Waals surface area (Å²) in [7, 11) is 0. The van der Waals surface area contributed by atoms with E-state index in [0.717, 1.165) is 12.0 Å². The maximum absolute atomic E-state index is 11.3. The quantitative estimate of drug-likeness (QED) is 0.911. The number of hydrogen-bond acceptors (Lipinski definition) is 3. The van der Waals surface area contributed by atoms with Crippen LogP contribution in [0.4, 0.5) is 0 Å². The summed E-state index contributed by atoms with van der Waals surface area (Å²) in [5.41, 5.74) is 2.19. The molecular weight excluding hydrogens is 256 g/mol. The van der Waals surface area contributed by atoms with E-state index in [9.17, 15) is 9.90 Å². The van der Waals surface area contributed by atoms with Gasteiger partial charge in [0.25, 0.3) is 0 Å². The Morgan fingerprint density at radius 1 is 1.50 bits per heavy atom. The third kappa shape index (κ3) is 2.61. The lowest BCUT2D eigenvalue weighted by molar-refractivity contribution is 0.0688. The van der Waals surface area contributed by atoms with Crippen LogP contribution in [-0.4, -0.2) is 27.1 Å². The second-order valence-corrected chi connectivity index (χ2v) is 5.25. The molecule has 2 heterocycles. The highest BCUT2D eigenvalue weighted by Crippen LogP contribution is 2.24. The number of fused-ring (bicyclic) bond motifs is 1. The van der Waals surface area contributed by atoms with Gasteiger partial charge in [0.2, 0.25) is 0 Å². The van der Waals surface area contributed by atoms with Gasteiger partial charge in [-0.3, -0.25) is 4.40 Å². The summed E-state index contributed by atoms with van der Waals surface area (Å²) in [4.78, 5) is 15.7. The summed E-state index contributed by atoms with van der Waals surface area (Å²) in [5, 5.41) is 9.29. The van der Waals surface area contributed by atoms with Crippen molar-refractivity contribution in [1.82, 2.24) is 9.38 Å². The molecule has 0 amide bonds. The molecule has 0 aliphatic carbocycles. The Hall–Kier alpha value is -2.04. The largest absolute Gasteiger partial charge is 0.489 e. The van der Waals surface area contributed by atoms with Crippen LogP contribution in [0.3, 0.4) is 0 Å². The van der Waals surface area contributed by atoms with Crippen molar-refractivity contribution in [3.63, 3.8) is 0 Å². The van der Waals surface area contributed by atoms with E-state index in [0.29, 0.717) is 29.6 Å². The minimum atomic E-state index is -0.978. The van der Waals surface area contributed by atoms with Crippen LogP contribution in [0.1, 0.15) is 42.0 Å². The first kappa shape index (κ1) is 14.4. The van der Waals surface area contributed by atoms with E-state index in [4.69, 9.17) is 4.74 Å². The van der Waals surface area contributed by atoms with Crippen LogP contribution in [0.5, 0.6) is 5.75 Å². The summed E-state index contributed by atoms with van der Waals surface area (Å²) < 4.78 is 7.42. The van der Waals surface area contributed by atoms with Crippen molar-refractivity contribution < 1.29 is 14.6 Å². The van der Waals surface area contributed by atoms with Gasteiger partial charge in [-0.1, -0.05) is 20.3 Å². The Labute approximate surface area is 118 Å². The molecule has 1 atom stereocenters. The molecule has 5 heteroatoms. The van der Waals surface area contributed by atoms with Crippen LogP contribution in [0, 0.1) is 19.8 Å². The van der Waals surface area contributed by atoms with Crippen molar-refractivity contribution in [3.8, 4) is 5.75 Å². The normalized spacial score (nSPS) is 12.6. The fourth-order valence-corrected chi connectivity index (χ4v) is 2.07. The van der Waals surface area contributed by atoms with Crippen molar-refractivity contribution in [2.24, 2.45) is 5.92 Å². The van der Waals surface area contributed by atoms with Crippen LogP contribution in [0.25, 0.3) is 5.65 Å². The number of aromatic carboxylic acids is 1. The molecule has 0 aliphatic rings. The molecule has 0 bridgehead atoms. The zero-order valence-electron chi connectivity index (χ0n) is 12.3. The van der Waals surface area contributed by atoms with Crippen molar-refractivity contribution in [3.05, 3.63) is 29.2 Å². The molecule has 2 aromatic rings. The van der Waals surface area contributed by atoms with Gasteiger partial charge in [0.05, 0.1) is 12.3 Å². The van der Waals surface area contributed by atoms with Crippen LogP contribution >= 0.6 is 0 Å². The van der Waals surface area contributed by atoms with Crippen molar-refractivity contribution in [2.75, 3.05) is 6.61 Å². The molecule has 1 unspecified atom stereocenters. The number of carbonyl (C=O) groups is 1. The van der Waals surface area contributed by atoms with E-state index in [1.54, 1.807) is 17.5 Å². The molecule has 1 N–H and O–H groups in total. The van der Waals surface area contributed by atoms with Crippen LogP contribution < -0.4 is 4.74 Å². The predicted octanol–water partition coefficient (Wildman–Crippen LogP) is 3.07. The monoisotopic (exact) mass is 276 g/mol. The molecule has 2 rings (SSSR count). The zero-order valence-corrected chi connectivity index (χ0v) is 12.3. The highest BCUT2D eigenvalue weighted by molar-refractivity contribution is 5.88. The average Bonchev–Trinajstić information content (AvgIpc) is 2.71. The number of hydrogen-bond donors (Lipinski definition) is 1. The molecule has 2 aromatic heterocycles. The van der Waals surface area contributed by atoms with Gasteiger partial charge in [-0.2, -0.15) is 0 Å². The van der Waals surface area contributed by atoms with Gasteiger partial charge in [-0.25, -0.2) is 9.78 Å². The smallest absolute Gasteiger partial charge is 0.354 e. The standard InChI is InChI=1S/C15H20N2O3/c1-5-9(2)8-20-12-6-10(3)7-17-13(15(18)19)11(4)16-14(12)17/h6-7,9H,5,8H2,1-4H3,(H,18,19). The van der Waals surface area contributed by atoms with E-state index in [2.05, 4.69) is 18.8 Å². The number of aromatic nitrogens is 2. The van der Waals surface area contributed by atoms with Gasteiger partial charge in [0, 0.05) is 6.20 Å². The molecule has 0 spiro atoms. The average molecular weight is 276 g/mol. The Morgan fingerprint density at radius 2 is 2.20 bits per heavy atom. The Bertz CT molecular complexity index is 646. The van der Waals surface area contributed by atoms with Crippen LogP contribution in [0.15, 0.2) is 12.3 Å². The number of carboxylic acid groups (broad SMARTS) is 1. The van der Waals surface area contributed by atoms with Crippen molar-refractivity contribution in [1.29, 1.82) is 0 Å². The lowest BCUT2D eigenvalue weighted by Gasteiger charge is -2.12. The SMILES string of the molecule is CCC(C)COc1cc(C)cn2c(C(=O)O)c(C)nc12. The van der Waals surface area contributed by atoms with E-state index < -0.39 is 5.97 Å². The third-order valence-corrected chi connectivity index (χ3v) is 3.42. The fourth-order valence-electron chi connectivity index (χ4n) is 2.07. The van der Waals surface area contributed by atoms with Crippen LogP contribution in [0.2, 0.25) is 0 Å². The minimum absolute atomic E-state index is 0.192. The molecule has 0 aliphatic heterocycles. The third-order valence-electron chi connectivity index (χ3n) is 3.42. The molecule has 0 saturated carbocycles. The van der Waals surface area contributed by atoms with E-state index in [-0.39, 0.29) is 5.69 Å². The molecule has 20 heavy (non-hydrogen) atoms. The summed E-state index contributed by atoms with van der Waals surface area (Å²) >= 11 is 0. The lowest BCUT2D eigenvalue weighted by Crippen LogP contribution is -2.09. The first-order chi connectivity index (χ1) is 9.43. The number of imidazole rings is 1.